The standard InChI is InChI=1S/C59H40N4O/c1-5-14-45(15-6-1)61(46-16-7-2-8-17-46)50-32-35-56-54(39-50)55-40-51(62(47-18-9-3-10-19-47)48-20-11-4-12-21-48)33-36-57(55)63(56)49-30-27-42(28-31-49)41-23-25-43(26-24-41)44-29-34-52-53-22-13-37-60-59(53)64-58(52)38-44/h1-40H. The highest BCUT2D eigenvalue weighted by molar-refractivity contribution is 6.12. The Morgan fingerprint density at radius 1 is 0.328 bits per heavy atom. The van der Waals surface area contributed by atoms with Gasteiger partial charge in [-0.2, -0.15) is 0 Å². The minimum Gasteiger partial charge on any atom is -0.438 e. The summed E-state index contributed by atoms with van der Waals surface area (Å²) in [6.07, 6.45) is 1.77. The van der Waals surface area contributed by atoms with Gasteiger partial charge in [0.05, 0.1) is 11.0 Å². The third-order valence-corrected chi connectivity index (χ3v) is 12.2. The first-order chi connectivity index (χ1) is 31.7. The molecule has 0 N–H and O–H groups in total. The molecule has 12 aromatic rings. The quantitative estimate of drug-likeness (QED) is 0.145. The molecule has 0 aliphatic heterocycles. The summed E-state index contributed by atoms with van der Waals surface area (Å²) >= 11 is 0. The van der Waals surface area contributed by atoms with Gasteiger partial charge < -0.3 is 18.8 Å². The van der Waals surface area contributed by atoms with Crippen LogP contribution in [-0.4, -0.2) is 9.55 Å². The summed E-state index contributed by atoms with van der Waals surface area (Å²) in [6, 6.07) is 84.3. The number of furan rings is 1. The smallest absolute Gasteiger partial charge is 0.227 e. The second-order valence-electron chi connectivity index (χ2n) is 16.0. The molecule has 0 aliphatic carbocycles. The molecular formula is C59H40N4O. The molecule has 12 rings (SSSR count). The number of hydrogen-bond acceptors (Lipinski definition) is 4. The monoisotopic (exact) mass is 820 g/mol. The van der Waals surface area contributed by atoms with Gasteiger partial charge >= 0.3 is 0 Å². The SMILES string of the molecule is c1ccc(N(c2ccccc2)c2ccc3c(c2)c2cc(N(c4ccccc4)c4ccccc4)ccc2n3-c2ccc(-c3ccc(-c4ccc5c(c4)oc4ncccc45)cc3)cc2)cc1. The Balaban J connectivity index is 0.964. The number of para-hydroxylation sites is 4. The number of aromatic nitrogens is 2. The summed E-state index contributed by atoms with van der Waals surface area (Å²) in [4.78, 5) is 9.08. The third-order valence-electron chi connectivity index (χ3n) is 12.2. The lowest BCUT2D eigenvalue weighted by Crippen LogP contribution is -2.09. The van der Waals surface area contributed by atoms with Crippen LogP contribution in [0, 0.1) is 0 Å². The van der Waals surface area contributed by atoms with Crippen LogP contribution in [0.25, 0.3) is 71.8 Å². The molecule has 0 atom stereocenters. The van der Waals surface area contributed by atoms with Crippen LogP contribution in [0.2, 0.25) is 0 Å². The summed E-state index contributed by atoms with van der Waals surface area (Å²) in [7, 11) is 0. The van der Waals surface area contributed by atoms with E-state index in [9.17, 15) is 0 Å². The number of hydrogen-bond donors (Lipinski definition) is 0. The van der Waals surface area contributed by atoms with Gasteiger partial charge in [-0.15, -0.1) is 0 Å². The molecule has 0 saturated carbocycles. The van der Waals surface area contributed by atoms with E-state index in [1.165, 1.54) is 10.8 Å². The first kappa shape index (κ1) is 37.1. The topological polar surface area (TPSA) is 37.4 Å². The maximum atomic E-state index is 6.09. The highest BCUT2D eigenvalue weighted by Gasteiger charge is 2.20. The van der Waals surface area contributed by atoms with Gasteiger partial charge in [-0.25, -0.2) is 4.98 Å². The number of nitrogens with zero attached hydrogens (tertiary/aromatic N) is 4. The van der Waals surface area contributed by atoms with Crippen molar-refractivity contribution in [3.8, 4) is 27.9 Å². The van der Waals surface area contributed by atoms with Crippen LogP contribution in [0.4, 0.5) is 34.1 Å². The second kappa shape index (κ2) is 15.7. The molecule has 3 aromatic heterocycles. The Hall–Kier alpha value is -8.67. The average Bonchev–Trinajstić information content (AvgIpc) is 3.90. The Kier molecular flexibility index (Phi) is 9.08. The lowest BCUT2D eigenvalue weighted by Gasteiger charge is -2.26. The van der Waals surface area contributed by atoms with Gasteiger partial charge in [-0.3, -0.25) is 0 Å². The van der Waals surface area contributed by atoms with Crippen molar-refractivity contribution in [3.63, 3.8) is 0 Å². The predicted molar refractivity (Wildman–Crippen MR) is 266 cm³/mol. The Bertz CT molecular complexity index is 3360. The molecule has 0 saturated heterocycles. The van der Waals surface area contributed by atoms with Crippen LogP contribution >= 0.6 is 0 Å². The molecule has 302 valence electrons. The molecule has 0 spiro atoms. The highest BCUT2D eigenvalue weighted by atomic mass is 16.3. The fourth-order valence-corrected chi connectivity index (χ4v) is 9.21. The molecule has 0 unspecified atom stereocenters. The summed E-state index contributed by atoms with van der Waals surface area (Å²) in [6.45, 7) is 0. The summed E-state index contributed by atoms with van der Waals surface area (Å²) < 4.78 is 8.49. The van der Waals surface area contributed by atoms with Gasteiger partial charge in [-0.1, -0.05) is 115 Å². The van der Waals surface area contributed by atoms with Crippen LogP contribution in [0.15, 0.2) is 247 Å². The number of benzene rings is 9. The molecule has 0 fully saturated rings. The van der Waals surface area contributed by atoms with Crippen molar-refractivity contribution in [2.24, 2.45) is 0 Å². The molecule has 9 aromatic carbocycles. The van der Waals surface area contributed by atoms with Gasteiger partial charge in [0.2, 0.25) is 5.71 Å². The Morgan fingerprint density at radius 3 is 1.25 bits per heavy atom. The van der Waals surface area contributed by atoms with Crippen LogP contribution < -0.4 is 9.80 Å². The highest BCUT2D eigenvalue weighted by Crippen LogP contribution is 2.43. The van der Waals surface area contributed by atoms with Gasteiger partial charge in [0.15, 0.2) is 0 Å². The minimum absolute atomic E-state index is 0.666. The van der Waals surface area contributed by atoms with Crippen molar-refractivity contribution in [1.82, 2.24) is 9.55 Å². The number of anilines is 6. The molecule has 3 heterocycles. The number of pyridine rings is 1. The van der Waals surface area contributed by atoms with E-state index in [0.29, 0.717) is 5.71 Å². The fraction of sp³-hybridized carbons (Fsp3) is 0. The van der Waals surface area contributed by atoms with Crippen molar-refractivity contribution >= 4 is 78.0 Å². The molecule has 0 bridgehead atoms. The Labute approximate surface area is 371 Å². The van der Waals surface area contributed by atoms with Crippen LogP contribution in [0.5, 0.6) is 0 Å². The largest absolute Gasteiger partial charge is 0.438 e. The second-order valence-corrected chi connectivity index (χ2v) is 16.0. The summed E-state index contributed by atoms with van der Waals surface area (Å²) in [5, 5.41) is 4.46. The summed E-state index contributed by atoms with van der Waals surface area (Å²) in [5.74, 6) is 0. The van der Waals surface area contributed by atoms with Crippen LogP contribution in [0.3, 0.4) is 0 Å². The van der Waals surface area contributed by atoms with E-state index in [-0.39, 0.29) is 0 Å². The zero-order valence-electron chi connectivity index (χ0n) is 34.8. The first-order valence-electron chi connectivity index (χ1n) is 21.6. The molecular weight excluding hydrogens is 781 g/mol. The first-order valence-corrected chi connectivity index (χ1v) is 21.6. The molecule has 5 heteroatoms. The predicted octanol–water partition coefficient (Wildman–Crippen LogP) is 16.4. The van der Waals surface area contributed by atoms with Crippen molar-refractivity contribution < 1.29 is 4.42 Å². The van der Waals surface area contributed by atoms with E-state index >= 15 is 0 Å². The summed E-state index contributed by atoms with van der Waals surface area (Å²) in [5.41, 5.74) is 16.0. The lowest BCUT2D eigenvalue weighted by molar-refractivity contribution is 0.654. The Morgan fingerprint density at radius 2 is 0.766 bits per heavy atom. The maximum Gasteiger partial charge on any atom is 0.227 e. The van der Waals surface area contributed by atoms with E-state index in [2.05, 4.69) is 250 Å². The zero-order chi connectivity index (χ0) is 42.4. The van der Waals surface area contributed by atoms with Crippen molar-refractivity contribution in [2.45, 2.75) is 0 Å². The van der Waals surface area contributed by atoms with Crippen molar-refractivity contribution in [2.75, 3.05) is 9.80 Å². The van der Waals surface area contributed by atoms with Crippen LogP contribution in [-0.2, 0) is 0 Å². The normalized spacial score (nSPS) is 11.4. The van der Waals surface area contributed by atoms with Crippen molar-refractivity contribution in [3.05, 3.63) is 243 Å². The number of fused-ring (bicyclic) bond motifs is 6. The molecule has 0 aliphatic rings. The van der Waals surface area contributed by atoms with Gasteiger partial charge in [0, 0.05) is 67.6 Å². The minimum atomic E-state index is 0.666. The van der Waals surface area contributed by atoms with E-state index < -0.39 is 0 Å². The van der Waals surface area contributed by atoms with Gasteiger partial charge in [0.1, 0.15) is 5.58 Å². The zero-order valence-corrected chi connectivity index (χ0v) is 34.8. The average molecular weight is 821 g/mol. The van der Waals surface area contributed by atoms with E-state index in [1.54, 1.807) is 6.20 Å². The third kappa shape index (κ3) is 6.55. The van der Waals surface area contributed by atoms with E-state index in [4.69, 9.17) is 4.42 Å². The van der Waals surface area contributed by atoms with Crippen LogP contribution in [0.1, 0.15) is 0 Å². The molecule has 0 radical (unpaired) electrons. The molecule has 5 nitrogen and oxygen atoms in total. The van der Waals surface area contributed by atoms with E-state index in [0.717, 1.165) is 89.5 Å². The van der Waals surface area contributed by atoms with E-state index in [1.807, 2.05) is 6.07 Å². The van der Waals surface area contributed by atoms with Gasteiger partial charge in [-0.05, 0) is 144 Å². The van der Waals surface area contributed by atoms with Gasteiger partial charge in [0.25, 0.3) is 0 Å². The lowest BCUT2D eigenvalue weighted by atomic mass is 9.99. The molecule has 0 amide bonds. The maximum absolute atomic E-state index is 6.09. The fourth-order valence-electron chi connectivity index (χ4n) is 9.21. The number of rotatable bonds is 9. The van der Waals surface area contributed by atoms with Crippen molar-refractivity contribution in [1.29, 1.82) is 0 Å². The molecule has 64 heavy (non-hydrogen) atoms.